The normalized spacial score (nSPS) is 11.6. The minimum absolute atomic E-state index is 0.108. The Labute approximate surface area is 160 Å². The zero-order chi connectivity index (χ0) is 19.9. The van der Waals surface area contributed by atoms with Crippen LogP contribution in [-0.2, 0) is 10.0 Å². The molecule has 2 aromatic heterocycles. The van der Waals surface area contributed by atoms with Crippen molar-refractivity contribution in [2.75, 3.05) is 10.5 Å². The van der Waals surface area contributed by atoms with Crippen molar-refractivity contribution in [3.8, 4) is 11.1 Å². The third-order valence-electron chi connectivity index (χ3n) is 4.35. The topological polar surface area (TPSA) is 102 Å². The highest BCUT2D eigenvalue weighted by Crippen LogP contribution is 2.30. The molecule has 7 nitrogen and oxygen atoms in total. The number of rotatable bonds is 4. The first-order chi connectivity index (χ1) is 13.4. The van der Waals surface area contributed by atoms with Crippen LogP contribution in [0.15, 0.2) is 65.8 Å². The number of halogens is 1. The summed E-state index contributed by atoms with van der Waals surface area (Å²) in [7, 11) is -3.84. The van der Waals surface area contributed by atoms with E-state index in [-0.39, 0.29) is 22.0 Å². The Bertz CT molecular complexity index is 1300. The Morgan fingerprint density at radius 2 is 1.89 bits per heavy atom. The summed E-state index contributed by atoms with van der Waals surface area (Å²) < 4.78 is 43.7. The molecule has 0 saturated carbocycles. The van der Waals surface area contributed by atoms with E-state index >= 15 is 0 Å². The van der Waals surface area contributed by atoms with Gasteiger partial charge in [0.1, 0.15) is 11.6 Å². The van der Waals surface area contributed by atoms with E-state index < -0.39 is 15.8 Å². The molecule has 0 unspecified atom stereocenters. The first kappa shape index (κ1) is 17.9. The maximum Gasteiger partial charge on any atom is 0.262 e. The molecule has 28 heavy (non-hydrogen) atoms. The average Bonchev–Trinajstić information content (AvgIpc) is 3.12. The molecule has 0 spiro atoms. The van der Waals surface area contributed by atoms with Crippen LogP contribution >= 0.6 is 0 Å². The Morgan fingerprint density at radius 1 is 1.11 bits per heavy atom. The van der Waals surface area contributed by atoms with Crippen molar-refractivity contribution in [3.05, 3.63) is 72.3 Å². The predicted octanol–water partition coefficient (Wildman–Crippen LogP) is 3.23. The molecular weight excluding hydrogens is 381 g/mol. The van der Waals surface area contributed by atoms with E-state index in [9.17, 15) is 12.8 Å². The number of aryl methyl sites for hydroxylation is 1. The summed E-state index contributed by atoms with van der Waals surface area (Å²) in [6, 6.07) is 12.3. The molecule has 0 aliphatic rings. The van der Waals surface area contributed by atoms with Crippen LogP contribution in [0.2, 0.25) is 0 Å². The smallest absolute Gasteiger partial charge is 0.262 e. The maximum atomic E-state index is 14.8. The summed E-state index contributed by atoms with van der Waals surface area (Å²) in [5.41, 5.74) is 7.89. The van der Waals surface area contributed by atoms with E-state index in [2.05, 4.69) is 14.8 Å². The van der Waals surface area contributed by atoms with Crippen molar-refractivity contribution < 1.29 is 12.8 Å². The average molecular weight is 397 g/mol. The molecule has 3 N–H and O–H groups in total. The van der Waals surface area contributed by atoms with Gasteiger partial charge < -0.3 is 5.73 Å². The number of anilines is 2. The minimum Gasteiger partial charge on any atom is -0.383 e. The van der Waals surface area contributed by atoms with Crippen molar-refractivity contribution in [1.82, 2.24) is 14.6 Å². The van der Waals surface area contributed by atoms with Crippen LogP contribution in [0.5, 0.6) is 0 Å². The lowest BCUT2D eigenvalue weighted by molar-refractivity contribution is 0.600. The molecule has 2 aromatic carbocycles. The highest BCUT2D eigenvalue weighted by atomic mass is 32.2. The lowest BCUT2D eigenvalue weighted by Crippen LogP contribution is -2.14. The molecule has 0 saturated heterocycles. The second-order valence-electron chi connectivity index (χ2n) is 6.22. The van der Waals surface area contributed by atoms with Gasteiger partial charge >= 0.3 is 0 Å². The predicted molar refractivity (Wildman–Crippen MR) is 105 cm³/mol. The van der Waals surface area contributed by atoms with E-state index in [1.807, 2.05) is 0 Å². The van der Waals surface area contributed by atoms with Gasteiger partial charge in [0.15, 0.2) is 5.65 Å². The number of nitrogen functional groups attached to an aromatic ring is 1. The second-order valence-corrected chi connectivity index (χ2v) is 7.87. The van der Waals surface area contributed by atoms with Crippen LogP contribution in [0.4, 0.5) is 15.9 Å². The van der Waals surface area contributed by atoms with Crippen LogP contribution in [0, 0.1) is 12.7 Å². The number of aromatic nitrogens is 3. The number of hydrogen-bond acceptors (Lipinski definition) is 5. The van der Waals surface area contributed by atoms with Crippen LogP contribution in [0.25, 0.3) is 16.8 Å². The van der Waals surface area contributed by atoms with Gasteiger partial charge in [-0.15, -0.1) is 0 Å². The van der Waals surface area contributed by atoms with Gasteiger partial charge in [0.05, 0.1) is 16.8 Å². The standard InChI is InChI=1S/C19H16FN5O2S/c1-12-4-2-3-5-17(12)28(26,27)24-13-6-7-14(16(20)10-13)15-11-22-18-8-9-23-25(18)19(15)21/h2-11,24H,21H2,1H3. The molecule has 0 radical (unpaired) electrons. The summed E-state index contributed by atoms with van der Waals surface area (Å²) in [5.74, 6) is -0.396. The van der Waals surface area contributed by atoms with Crippen LogP contribution in [0.3, 0.4) is 0 Å². The number of nitrogens with one attached hydrogen (secondary N) is 1. The summed E-state index contributed by atoms with van der Waals surface area (Å²) >= 11 is 0. The zero-order valence-electron chi connectivity index (χ0n) is 14.8. The molecule has 0 atom stereocenters. The minimum atomic E-state index is -3.84. The molecule has 2 heterocycles. The highest BCUT2D eigenvalue weighted by molar-refractivity contribution is 7.92. The van der Waals surface area contributed by atoms with Crippen molar-refractivity contribution in [3.63, 3.8) is 0 Å². The molecule has 4 rings (SSSR count). The first-order valence-corrected chi connectivity index (χ1v) is 9.82. The molecule has 4 aromatic rings. The Kier molecular flexibility index (Phi) is 4.23. The Hall–Kier alpha value is -3.46. The van der Waals surface area contributed by atoms with Crippen molar-refractivity contribution >= 4 is 27.2 Å². The van der Waals surface area contributed by atoms with Gasteiger partial charge in [0.25, 0.3) is 10.0 Å². The van der Waals surface area contributed by atoms with Crippen molar-refractivity contribution in [2.24, 2.45) is 0 Å². The monoisotopic (exact) mass is 397 g/mol. The van der Waals surface area contributed by atoms with E-state index in [1.54, 1.807) is 37.4 Å². The second kappa shape index (κ2) is 6.61. The first-order valence-electron chi connectivity index (χ1n) is 8.33. The SMILES string of the molecule is Cc1ccccc1S(=O)(=O)Nc1ccc(-c2cnc3ccnn3c2N)c(F)c1. The van der Waals surface area contributed by atoms with Gasteiger partial charge in [-0.3, -0.25) is 4.72 Å². The molecule has 142 valence electrons. The third-order valence-corrected chi connectivity index (χ3v) is 5.89. The fourth-order valence-electron chi connectivity index (χ4n) is 2.96. The van der Waals surface area contributed by atoms with E-state index in [0.29, 0.717) is 16.8 Å². The van der Waals surface area contributed by atoms with E-state index in [0.717, 1.165) is 6.07 Å². The summed E-state index contributed by atoms with van der Waals surface area (Å²) in [5, 5.41) is 4.06. The van der Waals surface area contributed by atoms with Crippen LogP contribution < -0.4 is 10.5 Å². The van der Waals surface area contributed by atoms with Gasteiger partial charge in [-0.1, -0.05) is 18.2 Å². The largest absolute Gasteiger partial charge is 0.383 e. The van der Waals surface area contributed by atoms with Crippen LogP contribution in [0.1, 0.15) is 5.56 Å². The molecule has 0 amide bonds. The van der Waals surface area contributed by atoms with Crippen molar-refractivity contribution in [2.45, 2.75) is 11.8 Å². The molecule has 0 fully saturated rings. The molecule has 0 bridgehead atoms. The Balaban J connectivity index is 1.70. The number of benzene rings is 2. The summed E-state index contributed by atoms with van der Waals surface area (Å²) in [4.78, 5) is 4.33. The number of hydrogen-bond donors (Lipinski definition) is 2. The fourth-order valence-corrected chi connectivity index (χ4v) is 4.26. The van der Waals surface area contributed by atoms with E-state index in [1.165, 1.54) is 28.9 Å². The van der Waals surface area contributed by atoms with Gasteiger partial charge in [0, 0.05) is 23.4 Å². The third kappa shape index (κ3) is 3.05. The lowest BCUT2D eigenvalue weighted by Gasteiger charge is -2.12. The molecule has 0 aliphatic carbocycles. The maximum absolute atomic E-state index is 14.8. The van der Waals surface area contributed by atoms with Gasteiger partial charge in [-0.2, -0.15) is 9.61 Å². The number of sulfonamides is 1. The Morgan fingerprint density at radius 3 is 2.64 bits per heavy atom. The quantitative estimate of drug-likeness (QED) is 0.550. The fraction of sp³-hybridized carbons (Fsp3) is 0.0526. The summed E-state index contributed by atoms with van der Waals surface area (Å²) in [6.07, 6.45) is 3.00. The molecule has 9 heteroatoms. The number of nitrogens with two attached hydrogens (primary N) is 1. The van der Waals surface area contributed by atoms with Crippen molar-refractivity contribution in [1.29, 1.82) is 0 Å². The summed E-state index contributed by atoms with van der Waals surface area (Å²) in [6.45, 7) is 1.69. The zero-order valence-corrected chi connectivity index (χ0v) is 15.6. The van der Waals surface area contributed by atoms with Crippen LogP contribution in [-0.4, -0.2) is 23.0 Å². The highest BCUT2D eigenvalue weighted by Gasteiger charge is 2.18. The lowest BCUT2D eigenvalue weighted by atomic mass is 10.1. The molecule has 0 aliphatic heterocycles. The van der Waals surface area contributed by atoms with Gasteiger partial charge in [0.2, 0.25) is 0 Å². The number of fused-ring (bicyclic) bond motifs is 1. The molecular formula is C19H16FN5O2S. The number of nitrogens with zero attached hydrogens (tertiary/aromatic N) is 3. The van der Waals surface area contributed by atoms with Gasteiger partial charge in [-0.05, 0) is 36.8 Å². The van der Waals surface area contributed by atoms with E-state index in [4.69, 9.17) is 5.73 Å². The van der Waals surface area contributed by atoms with Gasteiger partial charge in [-0.25, -0.2) is 17.8 Å².